The Hall–Kier alpha value is -1.58. The van der Waals surface area contributed by atoms with Crippen LogP contribution in [0.3, 0.4) is 0 Å². The number of aromatic nitrogens is 3. The molecule has 0 aromatic carbocycles. The van der Waals surface area contributed by atoms with Crippen LogP contribution in [0.25, 0.3) is 11.0 Å². The van der Waals surface area contributed by atoms with E-state index in [0.717, 1.165) is 34.4 Å². The van der Waals surface area contributed by atoms with E-state index >= 15 is 0 Å². The Bertz CT molecular complexity index is 581. The maximum atomic E-state index is 4.74. The third-order valence-electron chi connectivity index (χ3n) is 4.27. The van der Waals surface area contributed by atoms with E-state index in [2.05, 4.69) is 27.2 Å². The zero-order valence-corrected chi connectivity index (χ0v) is 11.4. The van der Waals surface area contributed by atoms with Crippen molar-refractivity contribution in [2.24, 2.45) is 11.8 Å². The van der Waals surface area contributed by atoms with Gasteiger partial charge >= 0.3 is 0 Å². The lowest BCUT2D eigenvalue weighted by atomic mass is 10.2. The molecule has 0 spiro atoms. The fourth-order valence-electron chi connectivity index (χ4n) is 2.68. The lowest BCUT2D eigenvalue weighted by Gasteiger charge is -2.23. The van der Waals surface area contributed by atoms with Crippen LogP contribution in [-0.2, 0) is 0 Å². The minimum atomic E-state index is 0.853. The van der Waals surface area contributed by atoms with E-state index in [1.165, 1.54) is 38.8 Å². The van der Waals surface area contributed by atoms with Gasteiger partial charge < -0.3 is 4.90 Å². The molecule has 0 unspecified atom stereocenters. The molecule has 1 N–H and O–H groups in total. The number of pyridine rings is 1. The van der Waals surface area contributed by atoms with Crippen molar-refractivity contribution in [2.45, 2.75) is 32.6 Å². The molecule has 100 valence electrons. The predicted molar refractivity (Wildman–Crippen MR) is 76.3 cm³/mol. The zero-order valence-electron chi connectivity index (χ0n) is 11.4. The first-order valence-electron chi connectivity index (χ1n) is 7.36. The maximum absolute atomic E-state index is 4.74. The molecule has 2 aliphatic carbocycles. The molecule has 4 heteroatoms. The van der Waals surface area contributed by atoms with Gasteiger partial charge in [-0.25, -0.2) is 4.98 Å². The number of rotatable bonds is 5. The summed E-state index contributed by atoms with van der Waals surface area (Å²) in [5.74, 6) is 2.91. The van der Waals surface area contributed by atoms with Gasteiger partial charge in [0.25, 0.3) is 0 Å². The standard InChI is InChI=1S/C15H20N4/c1-10-13-6-7-14(16-15(13)18-17-10)19(8-11-2-3-11)9-12-4-5-12/h6-7,11-12H,2-5,8-9H2,1H3,(H,16,17,18). The van der Waals surface area contributed by atoms with Crippen LogP contribution < -0.4 is 4.90 Å². The molecule has 0 radical (unpaired) electrons. The van der Waals surface area contributed by atoms with Gasteiger partial charge in [0.05, 0.1) is 0 Å². The Kier molecular flexibility index (Phi) is 2.50. The van der Waals surface area contributed by atoms with Crippen LogP contribution in [0.15, 0.2) is 12.1 Å². The number of H-pyrrole nitrogens is 1. The van der Waals surface area contributed by atoms with Crippen molar-refractivity contribution >= 4 is 16.9 Å². The Labute approximate surface area is 113 Å². The summed E-state index contributed by atoms with van der Waals surface area (Å²) in [7, 11) is 0. The summed E-state index contributed by atoms with van der Waals surface area (Å²) in [5, 5.41) is 8.45. The lowest BCUT2D eigenvalue weighted by Crippen LogP contribution is -2.28. The van der Waals surface area contributed by atoms with Gasteiger partial charge in [0.2, 0.25) is 0 Å². The average Bonchev–Trinajstić information content (AvgIpc) is 3.32. The highest BCUT2D eigenvalue weighted by atomic mass is 15.2. The maximum Gasteiger partial charge on any atom is 0.183 e. The summed E-state index contributed by atoms with van der Waals surface area (Å²) in [4.78, 5) is 7.23. The summed E-state index contributed by atoms with van der Waals surface area (Å²) in [6.07, 6.45) is 5.58. The monoisotopic (exact) mass is 256 g/mol. The van der Waals surface area contributed by atoms with E-state index in [-0.39, 0.29) is 0 Å². The third kappa shape index (κ3) is 2.31. The van der Waals surface area contributed by atoms with Gasteiger partial charge in [-0.05, 0) is 56.6 Å². The highest BCUT2D eigenvalue weighted by molar-refractivity contribution is 5.79. The molecule has 2 heterocycles. The Balaban J connectivity index is 1.63. The molecule has 2 aromatic heterocycles. The number of nitrogens with zero attached hydrogens (tertiary/aromatic N) is 3. The third-order valence-corrected chi connectivity index (χ3v) is 4.27. The Morgan fingerprint density at radius 2 is 1.84 bits per heavy atom. The van der Waals surface area contributed by atoms with Crippen LogP contribution in [0.5, 0.6) is 0 Å². The number of hydrogen-bond donors (Lipinski definition) is 1. The highest BCUT2D eigenvalue weighted by Crippen LogP contribution is 2.35. The second kappa shape index (κ2) is 4.22. The van der Waals surface area contributed by atoms with Crippen molar-refractivity contribution in [3.8, 4) is 0 Å². The minimum absolute atomic E-state index is 0.853. The van der Waals surface area contributed by atoms with Gasteiger partial charge in [-0.2, -0.15) is 5.10 Å². The van der Waals surface area contributed by atoms with Gasteiger partial charge in [-0.1, -0.05) is 0 Å². The predicted octanol–water partition coefficient (Wildman–Crippen LogP) is 2.89. The molecule has 4 rings (SSSR count). The van der Waals surface area contributed by atoms with Crippen LogP contribution in [0.4, 0.5) is 5.82 Å². The van der Waals surface area contributed by atoms with E-state index in [0.29, 0.717) is 0 Å². The Morgan fingerprint density at radius 3 is 2.47 bits per heavy atom. The molecule has 0 bridgehead atoms. The topological polar surface area (TPSA) is 44.8 Å². The summed E-state index contributed by atoms with van der Waals surface area (Å²) < 4.78 is 0. The van der Waals surface area contributed by atoms with Gasteiger partial charge in [-0.3, -0.25) is 5.10 Å². The van der Waals surface area contributed by atoms with Crippen molar-refractivity contribution in [3.05, 3.63) is 17.8 Å². The first-order valence-corrected chi connectivity index (χ1v) is 7.36. The van der Waals surface area contributed by atoms with Crippen LogP contribution in [0, 0.1) is 18.8 Å². The van der Waals surface area contributed by atoms with E-state index in [1.54, 1.807) is 0 Å². The normalized spacial score (nSPS) is 19.0. The molecule has 0 atom stereocenters. The molecule has 19 heavy (non-hydrogen) atoms. The lowest BCUT2D eigenvalue weighted by molar-refractivity contribution is 0.672. The molecule has 4 nitrogen and oxygen atoms in total. The second-order valence-electron chi connectivity index (χ2n) is 6.18. The highest BCUT2D eigenvalue weighted by Gasteiger charge is 2.29. The van der Waals surface area contributed by atoms with Crippen molar-refractivity contribution in [2.75, 3.05) is 18.0 Å². The van der Waals surface area contributed by atoms with Crippen LogP contribution in [-0.4, -0.2) is 28.3 Å². The average molecular weight is 256 g/mol. The van der Waals surface area contributed by atoms with Crippen LogP contribution >= 0.6 is 0 Å². The number of hydrogen-bond acceptors (Lipinski definition) is 3. The van der Waals surface area contributed by atoms with Crippen molar-refractivity contribution in [1.82, 2.24) is 15.2 Å². The number of aryl methyl sites for hydroxylation is 1. The fraction of sp³-hybridized carbons (Fsp3) is 0.600. The molecule has 2 saturated carbocycles. The summed E-state index contributed by atoms with van der Waals surface area (Å²) in [6, 6.07) is 4.32. The first-order chi connectivity index (χ1) is 9.29. The van der Waals surface area contributed by atoms with Crippen LogP contribution in [0.1, 0.15) is 31.4 Å². The number of fused-ring (bicyclic) bond motifs is 1. The zero-order chi connectivity index (χ0) is 12.8. The quantitative estimate of drug-likeness (QED) is 0.894. The van der Waals surface area contributed by atoms with Crippen LogP contribution in [0.2, 0.25) is 0 Å². The molecule has 2 aliphatic rings. The van der Waals surface area contributed by atoms with E-state index in [4.69, 9.17) is 4.98 Å². The Morgan fingerprint density at radius 1 is 1.16 bits per heavy atom. The molecule has 2 aromatic rings. The summed E-state index contributed by atoms with van der Waals surface area (Å²) in [5.41, 5.74) is 1.96. The van der Waals surface area contributed by atoms with Crippen molar-refractivity contribution in [3.63, 3.8) is 0 Å². The smallest absolute Gasteiger partial charge is 0.183 e. The SMILES string of the molecule is Cc1[nH]nc2nc(N(CC3CC3)CC3CC3)ccc12. The number of anilines is 1. The fourth-order valence-corrected chi connectivity index (χ4v) is 2.68. The van der Waals surface area contributed by atoms with Gasteiger partial charge in [0.1, 0.15) is 5.82 Å². The van der Waals surface area contributed by atoms with Crippen molar-refractivity contribution < 1.29 is 0 Å². The van der Waals surface area contributed by atoms with Gasteiger partial charge in [0, 0.05) is 24.2 Å². The number of aromatic amines is 1. The van der Waals surface area contributed by atoms with Gasteiger partial charge in [0.15, 0.2) is 5.65 Å². The largest absolute Gasteiger partial charge is 0.356 e. The van der Waals surface area contributed by atoms with Crippen molar-refractivity contribution in [1.29, 1.82) is 0 Å². The molecular weight excluding hydrogens is 236 g/mol. The second-order valence-corrected chi connectivity index (χ2v) is 6.18. The van der Waals surface area contributed by atoms with E-state index < -0.39 is 0 Å². The van der Waals surface area contributed by atoms with E-state index in [1.807, 2.05) is 6.92 Å². The molecule has 0 saturated heterocycles. The summed E-state index contributed by atoms with van der Waals surface area (Å²) >= 11 is 0. The first kappa shape index (κ1) is 11.3. The molecule has 2 fully saturated rings. The van der Waals surface area contributed by atoms with Gasteiger partial charge in [-0.15, -0.1) is 0 Å². The van der Waals surface area contributed by atoms with E-state index in [9.17, 15) is 0 Å². The molecule has 0 aliphatic heterocycles. The molecular formula is C15H20N4. The number of nitrogens with one attached hydrogen (secondary N) is 1. The minimum Gasteiger partial charge on any atom is -0.356 e. The molecule has 0 amide bonds. The summed E-state index contributed by atoms with van der Waals surface area (Å²) in [6.45, 7) is 4.40.